The van der Waals surface area contributed by atoms with Crippen LogP contribution in [0.15, 0.2) is 18.3 Å². The van der Waals surface area contributed by atoms with E-state index in [1.54, 1.807) is 17.7 Å². The Balaban J connectivity index is 1.95. The lowest BCUT2D eigenvalue weighted by Gasteiger charge is -2.15. The molecular weight excluding hydrogens is 312 g/mol. The molecule has 2 unspecified atom stereocenters. The number of nitrogens with zero attached hydrogens (tertiary/aromatic N) is 3. The molecule has 0 amide bonds. The first-order valence-electron chi connectivity index (χ1n) is 7.46. The molecule has 1 aromatic carbocycles. The van der Waals surface area contributed by atoms with Gasteiger partial charge in [-0.1, -0.05) is 17.4 Å². The second kappa shape index (κ2) is 5.82. The van der Waals surface area contributed by atoms with E-state index in [0.29, 0.717) is 11.3 Å². The molecule has 3 aromatic rings. The van der Waals surface area contributed by atoms with Crippen LogP contribution in [0.3, 0.4) is 0 Å². The normalized spacial score (nSPS) is 14.1. The van der Waals surface area contributed by atoms with Gasteiger partial charge in [-0.05, 0) is 44.9 Å². The van der Waals surface area contributed by atoms with Crippen molar-refractivity contribution in [2.75, 3.05) is 5.32 Å². The predicted molar refractivity (Wildman–Crippen MR) is 92.6 cm³/mol. The highest BCUT2D eigenvalue weighted by Crippen LogP contribution is 2.31. The fourth-order valence-corrected chi connectivity index (χ4v) is 3.36. The molecule has 0 bridgehead atoms. The Morgan fingerprint density at radius 3 is 2.61 bits per heavy atom. The molecule has 2 heterocycles. The molecule has 3 rings (SSSR count). The van der Waals surface area contributed by atoms with Gasteiger partial charge in [-0.15, -0.1) is 5.10 Å². The van der Waals surface area contributed by atoms with Gasteiger partial charge in [-0.25, -0.2) is 4.68 Å². The topological polar surface area (TPSA) is 83.2 Å². The number of thiazole rings is 1. The van der Waals surface area contributed by atoms with Crippen molar-refractivity contribution in [3.63, 3.8) is 0 Å². The zero-order valence-electron chi connectivity index (χ0n) is 13.5. The van der Waals surface area contributed by atoms with Gasteiger partial charge in [-0.2, -0.15) is 4.98 Å². The van der Waals surface area contributed by atoms with Gasteiger partial charge in [0.2, 0.25) is 0 Å². The molecular formula is C16H20N4O2S. The van der Waals surface area contributed by atoms with Gasteiger partial charge in [0.1, 0.15) is 11.4 Å². The summed E-state index contributed by atoms with van der Waals surface area (Å²) in [5.74, 6) is 0.207. The molecule has 6 nitrogen and oxygen atoms in total. The van der Waals surface area contributed by atoms with E-state index in [-0.39, 0.29) is 11.8 Å². The maximum atomic E-state index is 10.2. The van der Waals surface area contributed by atoms with Gasteiger partial charge in [0.25, 0.3) is 0 Å². The Bertz CT molecular complexity index is 799. The number of nitrogens with one attached hydrogen (secondary N) is 1. The van der Waals surface area contributed by atoms with Crippen LogP contribution in [0.25, 0.3) is 16.0 Å². The first-order valence-corrected chi connectivity index (χ1v) is 8.28. The van der Waals surface area contributed by atoms with Crippen LogP contribution in [0.5, 0.6) is 5.75 Å². The molecule has 3 N–H and O–H groups in total. The molecule has 2 atom stereocenters. The van der Waals surface area contributed by atoms with Crippen molar-refractivity contribution >= 4 is 26.8 Å². The predicted octanol–water partition coefficient (Wildman–Crippen LogP) is 2.99. The zero-order valence-corrected chi connectivity index (χ0v) is 14.3. The minimum absolute atomic E-state index is 0.0826. The molecule has 7 heteroatoms. The van der Waals surface area contributed by atoms with Crippen molar-refractivity contribution in [3.05, 3.63) is 29.5 Å². The van der Waals surface area contributed by atoms with Crippen molar-refractivity contribution in [2.24, 2.45) is 0 Å². The fourth-order valence-electron chi connectivity index (χ4n) is 2.45. The molecule has 23 heavy (non-hydrogen) atoms. The molecule has 2 aromatic heterocycles. The number of fused-ring (bicyclic) bond motifs is 1. The molecule has 0 aliphatic heterocycles. The largest absolute Gasteiger partial charge is 0.506 e. The molecule has 0 aliphatic carbocycles. The maximum absolute atomic E-state index is 10.2. The number of anilines is 1. The average molecular weight is 332 g/mol. The Kier molecular flexibility index (Phi) is 3.99. The van der Waals surface area contributed by atoms with Crippen LogP contribution < -0.4 is 5.32 Å². The monoisotopic (exact) mass is 332 g/mol. The Morgan fingerprint density at radius 2 is 2.00 bits per heavy atom. The quantitative estimate of drug-likeness (QED) is 0.684. The highest BCUT2D eigenvalue weighted by Gasteiger charge is 2.16. The van der Waals surface area contributed by atoms with E-state index in [2.05, 4.69) is 15.4 Å². The van der Waals surface area contributed by atoms with Crippen LogP contribution in [-0.4, -0.2) is 37.1 Å². The zero-order chi connectivity index (χ0) is 16.7. The van der Waals surface area contributed by atoms with E-state index < -0.39 is 6.10 Å². The lowest BCUT2D eigenvalue weighted by atomic mass is 10.1. The third-order valence-electron chi connectivity index (χ3n) is 3.81. The van der Waals surface area contributed by atoms with E-state index in [1.165, 1.54) is 11.3 Å². The summed E-state index contributed by atoms with van der Waals surface area (Å²) in [6, 6.07) is 3.65. The molecule has 0 saturated heterocycles. The smallest absolute Gasteiger partial charge is 0.194 e. The molecule has 0 saturated carbocycles. The Hall–Kier alpha value is -2.12. The summed E-state index contributed by atoms with van der Waals surface area (Å²) in [6.45, 7) is 7.53. The summed E-state index contributed by atoms with van der Waals surface area (Å²) in [7, 11) is 0. The summed E-state index contributed by atoms with van der Waals surface area (Å²) >= 11 is 1.48. The van der Waals surface area contributed by atoms with E-state index in [4.69, 9.17) is 0 Å². The van der Waals surface area contributed by atoms with Crippen molar-refractivity contribution in [2.45, 2.75) is 39.8 Å². The van der Waals surface area contributed by atoms with Crippen LogP contribution in [0, 0.1) is 13.8 Å². The summed E-state index contributed by atoms with van der Waals surface area (Å²) in [5.41, 5.74) is 3.26. The van der Waals surface area contributed by atoms with Crippen molar-refractivity contribution < 1.29 is 10.2 Å². The second-order valence-electron chi connectivity index (χ2n) is 5.90. The van der Waals surface area contributed by atoms with Crippen LogP contribution in [0.4, 0.5) is 5.13 Å². The van der Waals surface area contributed by atoms with E-state index in [9.17, 15) is 10.2 Å². The third-order valence-corrected chi connectivity index (χ3v) is 4.72. The first-order chi connectivity index (χ1) is 10.8. The van der Waals surface area contributed by atoms with Crippen LogP contribution >= 0.6 is 11.3 Å². The SMILES string of the molecule is Cc1cc(C)c(-n2cc3sc(NC(C)C(C)O)nc3n2)c(O)c1. The number of phenolic OH excluding ortho intramolecular Hbond substituents is 1. The van der Waals surface area contributed by atoms with Crippen LogP contribution in [0.2, 0.25) is 0 Å². The minimum Gasteiger partial charge on any atom is -0.506 e. The van der Waals surface area contributed by atoms with Gasteiger partial charge < -0.3 is 15.5 Å². The standard InChI is InChI=1S/C16H20N4O2S/c1-8-5-9(2)14(12(22)6-8)20-7-13-15(19-20)18-16(23-13)17-10(3)11(4)21/h5-7,10-11,21-22H,1-4H3,(H,17,18,19). The minimum atomic E-state index is -0.460. The summed E-state index contributed by atoms with van der Waals surface area (Å²) in [4.78, 5) is 4.44. The number of aliphatic hydroxyl groups excluding tert-OH is 1. The molecule has 0 fully saturated rings. The number of aliphatic hydroxyl groups is 1. The van der Waals surface area contributed by atoms with Crippen molar-refractivity contribution in [1.82, 2.24) is 14.8 Å². The highest BCUT2D eigenvalue weighted by atomic mass is 32.1. The maximum Gasteiger partial charge on any atom is 0.194 e. The molecule has 0 spiro atoms. The first kappa shape index (κ1) is 15.8. The molecule has 0 aliphatic rings. The van der Waals surface area contributed by atoms with Crippen molar-refractivity contribution in [1.29, 1.82) is 0 Å². The molecule has 0 radical (unpaired) electrons. The average Bonchev–Trinajstić information content (AvgIpc) is 2.95. The van der Waals surface area contributed by atoms with Crippen molar-refractivity contribution in [3.8, 4) is 11.4 Å². The highest BCUT2D eigenvalue weighted by molar-refractivity contribution is 7.22. The lowest BCUT2D eigenvalue weighted by molar-refractivity contribution is 0.178. The number of benzene rings is 1. The number of rotatable bonds is 4. The number of aromatic hydroxyl groups is 1. The van der Waals surface area contributed by atoms with E-state index in [0.717, 1.165) is 21.0 Å². The third kappa shape index (κ3) is 3.02. The number of phenols is 1. The van der Waals surface area contributed by atoms with Crippen LogP contribution in [0.1, 0.15) is 25.0 Å². The fraction of sp³-hybridized carbons (Fsp3) is 0.375. The molecule has 122 valence electrons. The van der Waals surface area contributed by atoms with E-state index in [1.807, 2.05) is 33.0 Å². The van der Waals surface area contributed by atoms with E-state index >= 15 is 0 Å². The van der Waals surface area contributed by atoms with Crippen LogP contribution in [-0.2, 0) is 0 Å². The summed E-state index contributed by atoms with van der Waals surface area (Å²) in [5, 5.41) is 28.1. The number of hydrogen-bond acceptors (Lipinski definition) is 6. The summed E-state index contributed by atoms with van der Waals surface area (Å²) < 4.78 is 2.59. The Morgan fingerprint density at radius 1 is 1.26 bits per heavy atom. The number of aromatic nitrogens is 3. The second-order valence-corrected chi connectivity index (χ2v) is 6.93. The van der Waals surface area contributed by atoms with Gasteiger partial charge in [0, 0.05) is 0 Å². The van der Waals surface area contributed by atoms with Gasteiger partial charge in [-0.3, -0.25) is 0 Å². The number of hydrogen-bond donors (Lipinski definition) is 3. The Labute approximate surface area is 138 Å². The number of aryl methyl sites for hydroxylation is 2. The lowest BCUT2D eigenvalue weighted by Crippen LogP contribution is -2.27. The van der Waals surface area contributed by atoms with Gasteiger partial charge in [0.05, 0.1) is 23.0 Å². The summed E-state index contributed by atoms with van der Waals surface area (Å²) in [6.07, 6.45) is 1.40. The van der Waals surface area contributed by atoms with Gasteiger partial charge >= 0.3 is 0 Å². The van der Waals surface area contributed by atoms with Gasteiger partial charge in [0.15, 0.2) is 10.8 Å².